The zero-order valence-corrected chi connectivity index (χ0v) is 9.49. The normalized spacial score (nSPS) is 10.2. The molecule has 1 aromatic carbocycles. The van der Waals surface area contributed by atoms with E-state index in [-0.39, 0.29) is 17.8 Å². The van der Waals surface area contributed by atoms with Crippen LogP contribution in [0.5, 0.6) is 0 Å². The summed E-state index contributed by atoms with van der Waals surface area (Å²) in [6.45, 7) is 0. The van der Waals surface area contributed by atoms with Crippen molar-refractivity contribution in [2.45, 2.75) is 6.42 Å². The Morgan fingerprint density at radius 2 is 2.00 bits per heavy atom. The second kappa shape index (κ2) is 5.01. The fourth-order valence-corrected chi connectivity index (χ4v) is 1.59. The zero-order valence-electron chi connectivity index (χ0n) is 8.73. The minimum Gasteiger partial charge on any atom is -0.294 e. The monoisotopic (exact) mass is 250 g/mol. The van der Waals surface area contributed by atoms with E-state index in [4.69, 9.17) is 11.6 Å². The zero-order chi connectivity index (χ0) is 12.3. The van der Waals surface area contributed by atoms with E-state index in [0.29, 0.717) is 10.6 Å². The van der Waals surface area contributed by atoms with Gasteiger partial charge < -0.3 is 0 Å². The largest absolute Gasteiger partial charge is 0.294 e. The molecule has 0 saturated carbocycles. The van der Waals surface area contributed by atoms with E-state index < -0.39 is 5.82 Å². The third kappa shape index (κ3) is 2.85. The first-order valence-corrected chi connectivity index (χ1v) is 5.27. The number of carbonyl (C=O) groups is 1. The highest BCUT2D eigenvalue weighted by Gasteiger charge is 2.11. The minimum atomic E-state index is -0.445. The fraction of sp³-hybridized carbons (Fsp3) is 0.0833. The SMILES string of the molecule is O=C(Cc1cc(Cl)ccc1F)c1cncnc1. The molecule has 1 heterocycles. The molecule has 0 atom stereocenters. The highest BCUT2D eigenvalue weighted by atomic mass is 35.5. The van der Waals surface area contributed by atoms with Gasteiger partial charge in [-0.2, -0.15) is 0 Å². The van der Waals surface area contributed by atoms with Crippen LogP contribution in [0.25, 0.3) is 0 Å². The van der Waals surface area contributed by atoms with Gasteiger partial charge in [-0.3, -0.25) is 4.79 Å². The first-order chi connectivity index (χ1) is 8.16. The van der Waals surface area contributed by atoms with Crippen molar-refractivity contribution in [1.29, 1.82) is 0 Å². The molecule has 0 amide bonds. The average Bonchev–Trinajstić information content (AvgIpc) is 2.35. The standard InChI is InChI=1S/C12H8ClFN2O/c13-10-1-2-11(14)8(3-10)4-12(17)9-5-15-7-16-6-9/h1-3,5-7H,4H2. The number of nitrogens with zero attached hydrogens (tertiary/aromatic N) is 2. The number of benzene rings is 1. The predicted molar refractivity (Wildman–Crippen MR) is 61.5 cm³/mol. The van der Waals surface area contributed by atoms with Crippen LogP contribution < -0.4 is 0 Å². The molecule has 0 bridgehead atoms. The molecule has 0 fully saturated rings. The van der Waals surface area contributed by atoms with Crippen molar-refractivity contribution in [1.82, 2.24) is 9.97 Å². The molecule has 5 heteroatoms. The number of aromatic nitrogens is 2. The van der Waals surface area contributed by atoms with E-state index in [1.807, 2.05) is 0 Å². The van der Waals surface area contributed by atoms with Crippen LogP contribution in [0.2, 0.25) is 5.02 Å². The van der Waals surface area contributed by atoms with Crippen LogP contribution in [0, 0.1) is 5.82 Å². The van der Waals surface area contributed by atoms with Crippen LogP contribution in [0.4, 0.5) is 4.39 Å². The Morgan fingerprint density at radius 1 is 1.29 bits per heavy atom. The van der Waals surface area contributed by atoms with Crippen molar-refractivity contribution in [2.75, 3.05) is 0 Å². The summed E-state index contributed by atoms with van der Waals surface area (Å²) in [5.74, 6) is -0.689. The number of hydrogen-bond acceptors (Lipinski definition) is 3. The Balaban J connectivity index is 2.22. The summed E-state index contributed by atoms with van der Waals surface area (Å²) in [5.41, 5.74) is 0.623. The maximum Gasteiger partial charge on any atom is 0.170 e. The summed E-state index contributed by atoms with van der Waals surface area (Å²) in [6, 6.07) is 4.13. The third-order valence-electron chi connectivity index (χ3n) is 2.24. The smallest absolute Gasteiger partial charge is 0.170 e. The summed E-state index contributed by atoms with van der Waals surface area (Å²) >= 11 is 5.74. The summed E-state index contributed by atoms with van der Waals surface area (Å²) in [6.07, 6.45) is 4.08. The van der Waals surface area contributed by atoms with E-state index >= 15 is 0 Å². The fourth-order valence-electron chi connectivity index (χ4n) is 1.40. The van der Waals surface area contributed by atoms with Crippen molar-refractivity contribution >= 4 is 17.4 Å². The number of rotatable bonds is 3. The van der Waals surface area contributed by atoms with Gasteiger partial charge in [0.15, 0.2) is 5.78 Å². The van der Waals surface area contributed by atoms with Gasteiger partial charge >= 0.3 is 0 Å². The Kier molecular flexibility index (Phi) is 3.44. The van der Waals surface area contributed by atoms with E-state index in [1.54, 1.807) is 0 Å². The molecule has 2 rings (SSSR count). The topological polar surface area (TPSA) is 42.9 Å². The first-order valence-electron chi connectivity index (χ1n) is 4.89. The number of ketones is 1. The lowest BCUT2D eigenvalue weighted by atomic mass is 10.1. The lowest BCUT2D eigenvalue weighted by Gasteiger charge is -2.03. The molecule has 0 unspecified atom stereocenters. The van der Waals surface area contributed by atoms with Crippen LogP contribution in [0.3, 0.4) is 0 Å². The van der Waals surface area contributed by atoms with Crippen LogP contribution in [0.1, 0.15) is 15.9 Å². The van der Waals surface area contributed by atoms with Gasteiger partial charge in [-0.05, 0) is 23.8 Å². The van der Waals surface area contributed by atoms with E-state index in [0.717, 1.165) is 0 Å². The second-order valence-electron chi connectivity index (χ2n) is 3.46. The van der Waals surface area contributed by atoms with Crippen LogP contribution in [-0.2, 0) is 6.42 Å². The molecule has 0 N–H and O–H groups in total. The molecular weight excluding hydrogens is 243 g/mol. The van der Waals surface area contributed by atoms with Gasteiger partial charge in [-0.1, -0.05) is 11.6 Å². The molecule has 0 spiro atoms. The van der Waals surface area contributed by atoms with E-state index in [1.165, 1.54) is 36.9 Å². The lowest BCUT2D eigenvalue weighted by Crippen LogP contribution is -2.06. The molecular formula is C12H8ClFN2O. The highest BCUT2D eigenvalue weighted by molar-refractivity contribution is 6.30. The van der Waals surface area contributed by atoms with Crippen molar-refractivity contribution < 1.29 is 9.18 Å². The maximum atomic E-state index is 13.4. The molecule has 0 saturated heterocycles. The van der Waals surface area contributed by atoms with Gasteiger partial charge in [-0.25, -0.2) is 14.4 Å². The molecule has 17 heavy (non-hydrogen) atoms. The van der Waals surface area contributed by atoms with Gasteiger partial charge in [0, 0.05) is 23.8 Å². The summed E-state index contributed by atoms with van der Waals surface area (Å²) in [5, 5.41) is 0.401. The van der Waals surface area contributed by atoms with Crippen molar-refractivity contribution in [3.63, 3.8) is 0 Å². The van der Waals surface area contributed by atoms with Crippen LogP contribution >= 0.6 is 11.6 Å². The maximum absolute atomic E-state index is 13.4. The molecule has 0 aliphatic rings. The first kappa shape index (κ1) is 11.7. The van der Waals surface area contributed by atoms with Crippen molar-refractivity contribution in [3.05, 3.63) is 58.9 Å². The Labute approximate surface area is 102 Å². The Morgan fingerprint density at radius 3 is 2.71 bits per heavy atom. The molecule has 3 nitrogen and oxygen atoms in total. The van der Waals surface area contributed by atoms with E-state index in [9.17, 15) is 9.18 Å². The van der Waals surface area contributed by atoms with Crippen LogP contribution in [0.15, 0.2) is 36.9 Å². The number of hydrogen-bond donors (Lipinski definition) is 0. The summed E-state index contributed by atoms with van der Waals surface area (Å²) in [7, 11) is 0. The Bertz CT molecular complexity index is 545. The number of halogens is 2. The molecule has 0 aliphatic heterocycles. The predicted octanol–water partition coefficient (Wildman–Crippen LogP) is 2.69. The summed E-state index contributed by atoms with van der Waals surface area (Å²) < 4.78 is 13.4. The Hall–Kier alpha value is -1.81. The number of Topliss-reactive ketones (excluding diaryl/α,β-unsaturated/α-hetero) is 1. The second-order valence-corrected chi connectivity index (χ2v) is 3.90. The van der Waals surface area contributed by atoms with Gasteiger partial charge in [0.05, 0.1) is 5.56 Å². The van der Waals surface area contributed by atoms with Gasteiger partial charge in [0.1, 0.15) is 12.1 Å². The van der Waals surface area contributed by atoms with Crippen molar-refractivity contribution in [2.24, 2.45) is 0 Å². The van der Waals surface area contributed by atoms with Gasteiger partial charge in [0.2, 0.25) is 0 Å². The molecule has 0 radical (unpaired) electrons. The average molecular weight is 251 g/mol. The van der Waals surface area contributed by atoms with E-state index in [2.05, 4.69) is 9.97 Å². The third-order valence-corrected chi connectivity index (χ3v) is 2.48. The van der Waals surface area contributed by atoms with Gasteiger partial charge in [0.25, 0.3) is 0 Å². The molecule has 0 aliphatic carbocycles. The van der Waals surface area contributed by atoms with Gasteiger partial charge in [-0.15, -0.1) is 0 Å². The quantitative estimate of drug-likeness (QED) is 0.787. The van der Waals surface area contributed by atoms with Crippen LogP contribution in [-0.4, -0.2) is 15.8 Å². The number of carbonyl (C=O) groups excluding carboxylic acids is 1. The highest BCUT2D eigenvalue weighted by Crippen LogP contribution is 2.16. The minimum absolute atomic E-state index is 0.0558. The molecule has 2 aromatic rings. The van der Waals surface area contributed by atoms with Crippen molar-refractivity contribution in [3.8, 4) is 0 Å². The molecule has 86 valence electrons. The lowest BCUT2D eigenvalue weighted by molar-refractivity contribution is 0.0991. The molecule has 1 aromatic heterocycles. The summed E-state index contributed by atoms with van der Waals surface area (Å²) in [4.78, 5) is 19.3.